The number of rotatable bonds is 2. The first-order chi connectivity index (χ1) is 9.43. The Balaban J connectivity index is 2.13. The highest BCUT2D eigenvalue weighted by Crippen LogP contribution is 2.23. The minimum Gasteiger partial charge on any atom is -0.338 e. The van der Waals surface area contributed by atoms with E-state index in [2.05, 4.69) is 25.9 Å². The fourth-order valence-corrected chi connectivity index (χ4v) is 2.66. The molecule has 3 aromatic rings. The van der Waals surface area contributed by atoms with E-state index in [0.29, 0.717) is 16.9 Å². The van der Waals surface area contributed by atoms with Crippen molar-refractivity contribution in [2.45, 2.75) is 4.90 Å². The third-order valence-electron chi connectivity index (χ3n) is 2.87. The van der Waals surface area contributed by atoms with Gasteiger partial charge in [-0.3, -0.25) is 4.55 Å². The molecule has 1 heterocycles. The summed E-state index contributed by atoms with van der Waals surface area (Å²) in [5, 5.41) is 0. The van der Waals surface area contributed by atoms with Gasteiger partial charge < -0.3 is 4.98 Å². The van der Waals surface area contributed by atoms with Crippen LogP contribution in [0.4, 0.5) is 0 Å². The summed E-state index contributed by atoms with van der Waals surface area (Å²) in [6, 6.07) is 11.8. The van der Waals surface area contributed by atoms with Crippen molar-refractivity contribution >= 4 is 37.1 Å². The van der Waals surface area contributed by atoms with Crippen LogP contribution in [0.1, 0.15) is 0 Å². The smallest absolute Gasteiger partial charge is 0.294 e. The Kier molecular flexibility index (Phi) is 3.12. The largest absolute Gasteiger partial charge is 0.338 e. The quantitative estimate of drug-likeness (QED) is 0.693. The predicted octanol–water partition coefficient (Wildman–Crippen LogP) is 3.24. The lowest BCUT2D eigenvalue weighted by atomic mass is 10.2. The average molecular weight is 353 g/mol. The van der Waals surface area contributed by atoms with E-state index in [4.69, 9.17) is 4.55 Å². The van der Waals surface area contributed by atoms with Crippen LogP contribution in [0.15, 0.2) is 51.8 Å². The van der Waals surface area contributed by atoms with E-state index in [0.717, 1.165) is 10.0 Å². The van der Waals surface area contributed by atoms with Crippen LogP contribution in [0.25, 0.3) is 22.4 Å². The molecule has 0 bridgehead atoms. The van der Waals surface area contributed by atoms with E-state index in [1.807, 2.05) is 24.3 Å². The zero-order valence-corrected chi connectivity index (χ0v) is 12.4. The molecule has 2 aromatic carbocycles. The van der Waals surface area contributed by atoms with Gasteiger partial charge in [-0.2, -0.15) is 8.42 Å². The number of hydrogen-bond donors (Lipinski definition) is 2. The van der Waals surface area contributed by atoms with Crippen molar-refractivity contribution in [3.8, 4) is 11.4 Å². The van der Waals surface area contributed by atoms with Crippen LogP contribution in [0.3, 0.4) is 0 Å². The van der Waals surface area contributed by atoms with Gasteiger partial charge in [0, 0.05) is 10.0 Å². The summed E-state index contributed by atoms with van der Waals surface area (Å²) in [6.07, 6.45) is 0. The zero-order valence-electron chi connectivity index (χ0n) is 10.0. The molecule has 0 aliphatic rings. The second kappa shape index (κ2) is 4.69. The van der Waals surface area contributed by atoms with Crippen LogP contribution in [0, 0.1) is 0 Å². The van der Waals surface area contributed by atoms with E-state index in [1.165, 1.54) is 12.1 Å². The SMILES string of the molecule is O=S(=O)(O)c1ccc2nc(-c3ccc(Br)cc3)[nH]c2c1. The van der Waals surface area contributed by atoms with E-state index in [-0.39, 0.29) is 4.90 Å². The summed E-state index contributed by atoms with van der Waals surface area (Å²) in [6.45, 7) is 0. The van der Waals surface area contributed by atoms with Gasteiger partial charge in [-0.15, -0.1) is 0 Å². The summed E-state index contributed by atoms with van der Waals surface area (Å²) >= 11 is 3.36. The average Bonchev–Trinajstić information content (AvgIpc) is 2.81. The molecule has 3 rings (SSSR count). The van der Waals surface area contributed by atoms with Crippen molar-refractivity contribution in [1.82, 2.24) is 9.97 Å². The number of hydrogen-bond acceptors (Lipinski definition) is 3. The first-order valence-corrected chi connectivity index (χ1v) is 7.90. The number of nitrogens with zero attached hydrogens (tertiary/aromatic N) is 1. The van der Waals surface area contributed by atoms with Crippen LogP contribution in [0.2, 0.25) is 0 Å². The Labute approximate surface area is 123 Å². The molecule has 1 aromatic heterocycles. The van der Waals surface area contributed by atoms with E-state index in [1.54, 1.807) is 6.07 Å². The van der Waals surface area contributed by atoms with Gasteiger partial charge in [-0.25, -0.2) is 4.98 Å². The Morgan fingerprint density at radius 1 is 1.10 bits per heavy atom. The number of halogens is 1. The molecule has 0 saturated carbocycles. The number of benzene rings is 2. The van der Waals surface area contributed by atoms with E-state index in [9.17, 15) is 8.42 Å². The standard InChI is InChI=1S/C13H9BrN2O3S/c14-9-3-1-8(2-4-9)13-15-11-6-5-10(20(17,18)19)7-12(11)16-13/h1-7H,(H,15,16)(H,17,18,19). The Morgan fingerprint density at radius 3 is 2.45 bits per heavy atom. The molecule has 0 spiro atoms. The van der Waals surface area contributed by atoms with Gasteiger partial charge in [0.15, 0.2) is 0 Å². The van der Waals surface area contributed by atoms with Crippen molar-refractivity contribution in [1.29, 1.82) is 0 Å². The third kappa shape index (κ3) is 2.47. The monoisotopic (exact) mass is 352 g/mol. The molecule has 0 amide bonds. The minimum absolute atomic E-state index is 0.156. The van der Waals surface area contributed by atoms with Crippen LogP contribution in [-0.4, -0.2) is 22.9 Å². The van der Waals surface area contributed by atoms with E-state index < -0.39 is 10.1 Å². The maximum absolute atomic E-state index is 11.1. The molecule has 0 aliphatic heterocycles. The summed E-state index contributed by atoms with van der Waals surface area (Å²) in [4.78, 5) is 7.27. The zero-order chi connectivity index (χ0) is 14.3. The molecular weight excluding hydrogens is 344 g/mol. The first kappa shape index (κ1) is 13.3. The number of aromatic amines is 1. The molecule has 102 valence electrons. The number of nitrogens with one attached hydrogen (secondary N) is 1. The second-order valence-electron chi connectivity index (χ2n) is 4.25. The normalized spacial score (nSPS) is 11.9. The molecule has 0 fully saturated rings. The molecule has 20 heavy (non-hydrogen) atoms. The van der Waals surface area contributed by atoms with Crippen LogP contribution in [-0.2, 0) is 10.1 Å². The second-order valence-corrected chi connectivity index (χ2v) is 6.58. The molecule has 5 nitrogen and oxygen atoms in total. The van der Waals surface area contributed by atoms with Gasteiger partial charge >= 0.3 is 0 Å². The Hall–Kier alpha value is -1.70. The summed E-state index contributed by atoms with van der Waals surface area (Å²) in [5.41, 5.74) is 2.08. The highest BCUT2D eigenvalue weighted by molar-refractivity contribution is 9.10. The lowest BCUT2D eigenvalue weighted by molar-refractivity contribution is 0.483. The molecule has 0 radical (unpaired) electrons. The topological polar surface area (TPSA) is 83.1 Å². The minimum atomic E-state index is -4.21. The van der Waals surface area contributed by atoms with Gasteiger partial charge in [0.2, 0.25) is 0 Å². The summed E-state index contributed by atoms with van der Waals surface area (Å²) in [7, 11) is -4.21. The number of imidazole rings is 1. The lowest BCUT2D eigenvalue weighted by Gasteiger charge is -1.96. The van der Waals surface area contributed by atoms with Crippen LogP contribution < -0.4 is 0 Å². The number of aromatic nitrogens is 2. The van der Waals surface area contributed by atoms with Crippen molar-refractivity contribution < 1.29 is 13.0 Å². The fourth-order valence-electron chi connectivity index (χ4n) is 1.89. The third-order valence-corrected chi connectivity index (χ3v) is 4.25. The molecule has 2 N–H and O–H groups in total. The molecule has 7 heteroatoms. The maximum Gasteiger partial charge on any atom is 0.294 e. The molecule has 0 saturated heterocycles. The number of fused-ring (bicyclic) bond motifs is 1. The number of H-pyrrole nitrogens is 1. The van der Waals surface area contributed by atoms with Crippen molar-refractivity contribution in [2.75, 3.05) is 0 Å². The van der Waals surface area contributed by atoms with Crippen molar-refractivity contribution in [3.05, 3.63) is 46.9 Å². The predicted molar refractivity (Wildman–Crippen MR) is 79.0 cm³/mol. The van der Waals surface area contributed by atoms with Gasteiger partial charge in [-0.1, -0.05) is 28.1 Å². The van der Waals surface area contributed by atoms with Crippen molar-refractivity contribution in [2.24, 2.45) is 0 Å². The maximum atomic E-state index is 11.1. The highest BCUT2D eigenvalue weighted by Gasteiger charge is 2.12. The molecule has 0 unspecified atom stereocenters. The first-order valence-electron chi connectivity index (χ1n) is 5.67. The summed E-state index contributed by atoms with van der Waals surface area (Å²) < 4.78 is 32.2. The van der Waals surface area contributed by atoms with Crippen LogP contribution >= 0.6 is 15.9 Å². The lowest BCUT2D eigenvalue weighted by Crippen LogP contribution is -1.97. The Morgan fingerprint density at radius 2 is 1.80 bits per heavy atom. The fraction of sp³-hybridized carbons (Fsp3) is 0. The summed E-state index contributed by atoms with van der Waals surface area (Å²) in [5.74, 6) is 0.639. The van der Waals surface area contributed by atoms with Gasteiger partial charge in [-0.05, 0) is 30.3 Å². The van der Waals surface area contributed by atoms with Gasteiger partial charge in [0.05, 0.1) is 15.9 Å². The van der Waals surface area contributed by atoms with Gasteiger partial charge in [0.1, 0.15) is 5.82 Å². The highest BCUT2D eigenvalue weighted by atomic mass is 79.9. The molecular formula is C13H9BrN2O3S. The van der Waals surface area contributed by atoms with Crippen LogP contribution in [0.5, 0.6) is 0 Å². The van der Waals surface area contributed by atoms with Crippen molar-refractivity contribution in [3.63, 3.8) is 0 Å². The molecule has 0 aliphatic carbocycles. The van der Waals surface area contributed by atoms with E-state index >= 15 is 0 Å². The molecule has 0 atom stereocenters. The van der Waals surface area contributed by atoms with Gasteiger partial charge in [0.25, 0.3) is 10.1 Å². The Bertz CT molecular complexity index is 886.